The van der Waals surface area contributed by atoms with Gasteiger partial charge < -0.3 is 20.7 Å². The summed E-state index contributed by atoms with van der Waals surface area (Å²) < 4.78 is 5.20. The highest BCUT2D eigenvalue weighted by atomic mass is 16.6. The van der Waals surface area contributed by atoms with E-state index in [0.29, 0.717) is 13.1 Å². The van der Waals surface area contributed by atoms with Gasteiger partial charge in [0.15, 0.2) is 0 Å². The lowest BCUT2D eigenvalue weighted by molar-refractivity contribution is -0.120. The third kappa shape index (κ3) is 3.69. The van der Waals surface area contributed by atoms with Crippen molar-refractivity contribution in [2.24, 2.45) is 5.73 Å². The maximum absolute atomic E-state index is 11.9. The summed E-state index contributed by atoms with van der Waals surface area (Å²) in [6, 6.07) is 8.94. The highest BCUT2D eigenvalue weighted by Gasteiger charge is 2.27. The first kappa shape index (κ1) is 13.4. The van der Waals surface area contributed by atoms with Gasteiger partial charge in [-0.3, -0.25) is 4.79 Å². The minimum Gasteiger partial charge on any atom is -0.445 e. The fourth-order valence-electron chi connectivity index (χ4n) is 1.92. The number of benzene rings is 1. The van der Waals surface area contributed by atoms with Crippen LogP contribution >= 0.6 is 0 Å². The lowest BCUT2D eigenvalue weighted by Crippen LogP contribution is -2.57. The van der Waals surface area contributed by atoms with E-state index in [-0.39, 0.29) is 13.2 Å². The molecule has 6 nitrogen and oxygen atoms in total. The normalized spacial score (nSPS) is 18.9. The highest BCUT2D eigenvalue weighted by molar-refractivity contribution is 5.81. The van der Waals surface area contributed by atoms with Gasteiger partial charge in [0, 0.05) is 19.6 Å². The largest absolute Gasteiger partial charge is 0.445 e. The summed E-state index contributed by atoms with van der Waals surface area (Å²) in [6.07, 6.45) is -0.420. The maximum Gasteiger partial charge on any atom is 0.410 e. The number of carbonyl (C=O) groups excluding carboxylic acids is 2. The predicted molar refractivity (Wildman–Crippen MR) is 69.2 cm³/mol. The van der Waals surface area contributed by atoms with Gasteiger partial charge in [0.25, 0.3) is 0 Å². The molecule has 102 valence electrons. The second-order valence-electron chi connectivity index (χ2n) is 4.40. The van der Waals surface area contributed by atoms with Crippen LogP contribution in [-0.4, -0.2) is 42.6 Å². The molecule has 1 saturated heterocycles. The maximum atomic E-state index is 11.9. The number of carbonyl (C=O) groups is 2. The first-order chi connectivity index (χ1) is 9.16. The molecule has 2 rings (SSSR count). The van der Waals surface area contributed by atoms with Crippen molar-refractivity contribution >= 4 is 12.0 Å². The Labute approximate surface area is 111 Å². The van der Waals surface area contributed by atoms with Crippen LogP contribution in [0.1, 0.15) is 5.56 Å². The molecule has 0 aromatic heterocycles. The number of nitrogens with one attached hydrogen (secondary N) is 1. The number of hydrogen-bond acceptors (Lipinski definition) is 4. The Morgan fingerprint density at radius 3 is 2.79 bits per heavy atom. The fraction of sp³-hybridized carbons (Fsp3) is 0.385. The molecule has 1 heterocycles. The summed E-state index contributed by atoms with van der Waals surface area (Å²) in [5, 5.41) is 2.95. The third-order valence-electron chi connectivity index (χ3n) is 2.98. The number of piperazine rings is 1. The van der Waals surface area contributed by atoms with E-state index >= 15 is 0 Å². The summed E-state index contributed by atoms with van der Waals surface area (Å²) in [4.78, 5) is 24.4. The molecule has 0 bridgehead atoms. The Balaban J connectivity index is 1.84. The van der Waals surface area contributed by atoms with E-state index in [1.165, 1.54) is 4.90 Å². The smallest absolute Gasteiger partial charge is 0.410 e. The molecular weight excluding hydrogens is 246 g/mol. The van der Waals surface area contributed by atoms with Crippen molar-refractivity contribution in [1.82, 2.24) is 10.2 Å². The Kier molecular flexibility index (Phi) is 4.35. The van der Waals surface area contributed by atoms with Gasteiger partial charge >= 0.3 is 6.09 Å². The van der Waals surface area contributed by atoms with Gasteiger partial charge in [0.1, 0.15) is 12.6 Å². The summed E-state index contributed by atoms with van der Waals surface area (Å²) in [5.74, 6) is -0.458. The number of hydrogen-bond donors (Lipinski definition) is 2. The van der Waals surface area contributed by atoms with E-state index in [1.54, 1.807) is 0 Å². The molecule has 1 atom stereocenters. The lowest BCUT2D eigenvalue weighted by Gasteiger charge is -2.31. The van der Waals surface area contributed by atoms with Crippen molar-refractivity contribution in [3.05, 3.63) is 35.9 Å². The molecule has 1 aromatic carbocycles. The zero-order valence-corrected chi connectivity index (χ0v) is 10.5. The SMILES string of the molecule is NC(=O)C1CN(C(=O)OCc2ccccc2)CCN1. The highest BCUT2D eigenvalue weighted by Crippen LogP contribution is 2.05. The number of primary amides is 1. The predicted octanol–water partition coefficient (Wildman–Crippen LogP) is 0.0823. The molecule has 0 saturated carbocycles. The molecule has 1 aliphatic heterocycles. The van der Waals surface area contributed by atoms with Crippen LogP contribution in [0.3, 0.4) is 0 Å². The average molecular weight is 263 g/mol. The van der Waals surface area contributed by atoms with Crippen LogP contribution in [0, 0.1) is 0 Å². The van der Waals surface area contributed by atoms with Crippen LogP contribution in [0.4, 0.5) is 4.79 Å². The molecule has 0 radical (unpaired) electrons. The zero-order chi connectivity index (χ0) is 13.7. The molecule has 6 heteroatoms. The van der Waals surface area contributed by atoms with Gasteiger partial charge in [-0.2, -0.15) is 0 Å². The summed E-state index contributed by atoms with van der Waals surface area (Å²) >= 11 is 0. The molecule has 1 aromatic rings. The Bertz CT molecular complexity index is 450. The quantitative estimate of drug-likeness (QED) is 0.809. The average Bonchev–Trinajstić information content (AvgIpc) is 2.46. The second-order valence-corrected chi connectivity index (χ2v) is 4.40. The van der Waals surface area contributed by atoms with Crippen LogP contribution < -0.4 is 11.1 Å². The molecule has 3 N–H and O–H groups in total. The van der Waals surface area contributed by atoms with E-state index in [1.807, 2.05) is 30.3 Å². The minimum atomic E-state index is -0.502. The fourth-order valence-corrected chi connectivity index (χ4v) is 1.92. The van der Waals surface area contributed by atoms with Crippen molar-refractivity contribution in [3.8, 4) is 0 Å². The first-order valence-corrected chi connectivity index (χ1v) is 6.15. The lowest BCUT2D eigenvalue weighted by atomic mass is 10.2. The van der Waals surface area contributed by atoms with Crippen LogP contribution in [0.25, 0.3) is 0 Å². The topological polar surface area (TPSA) is 84.7 Å². The Morgan fingerprint density at radius 1 is 1.37 bits per heavy atom. The van der Waals surface area contributed by atoms with E-state index in [9.17, 15) is 9.59 Å². The van der Waals surface area contributed by atoms with Crippen molar-refractivity contribution in [2.75, 3.05) is 19.6 Å². The van der Waals surface area contributed by atoms with Crippen molar-refractivity contribution in [2.45, 2.75) is 12.6 Å². The van der Waals surface area contributed by atoms with Crippen LogP contribution in [-0.2, 0) is 16.1 Å². The Hall–Kier alpha value is -2.08. The molecule has 1 fully saturated rings. The van der Waals surface area contributed by atoms with Crippen LogP contribution in [0.2, 0.25) is 0 Å². The first-order valence-electron chi connectivity index (χ1n) is 6.15. The minimum absolute atomic E-state index is 0.227. The molecule has 1 unspecified atom stereocenters. The third-order valence-corrected chi connectivity index (χ3v) is 2.98. The van der Waals surface area contributed by atoms with Crippen molar-refractivity contribution in [1.29, 1.82) is 0 Å². The van der Waals surface area contributed by atoms with Gasteiger partial charge in [-0.15, -0.1) is 0 Å². The van der Waals surface area contributed by atoms with Gasteiger partial charge in [-0.25, -0.2) is 4.79 Å². The molecule has 0 aliphatic carbocycles. The second kappa shape index (κ2) is 6.19. The van der Waals surface area contributed by atoms with Gasteiger partial charge in [-0.1, -0.05) is 30.3 Å². The van der Waals surface area contributed by atoms with Crippen molar-refractivity contribution in [3.63, 3.8) is 0 Å². The van der Waals surface area contributed by atoms with E-state index < -0.39 is 18.0 Å². The molecule has 19 heavy (non-hydrogen) atoms. The standard InChI is InChI=1S/C13H17N3O3/c14-12(17)11-8-16(7-6-15-11)13(18)19-9-10-4-2-1-3-5-10/h1-5,11,15H,6-9H2,(H2,14,17). The van der Waals surface area contributed by atoms with Crippen LogP contribution in [0.15, 0.2) is 30.3 Å². The number of nitrogens with zero attached hydrogens (tertiary/aromatic N) is 1. The van der Waals surface area contributed by atoms with Gasteiger partial charge in [0.05, 0.1) is 0 Å². The molecule has 2 amide bonds. The number of rotatable bonds is 3. The summed E-state index contributed by atoms with van der Waals surface area (Å²) in [6.45, 7) is 1.53. The van der Waals surface area contributed by atoms with E-state index in [4.69, 9.17) is 10.5 Å². The Morgan fingerprint density at radius 2 is 2.11 bits per heavy atom. The van der Waals surface area contributed by atoms with Gasteiger partial charge in [0.2, 0.25) is 5.91 Å². The summed E-state index contributed by atoms with van der Waals surface area (Å²) in [5.41, 5.74) is 6.14. The number of amides is 2. The summed E-state index contributed by atoms with van der Waals surface area (Å²) in [7, 11) is 0. The number of ether oxygens (including phenoxy) is 1. The van der Waals surface area contributed by atoms with Gasteiger partial charge in [-0.05, 0) is 5.56 Å². The molecule has 0 spiro atoms. The number of nitrogens with two attached hydrogens (primary N) is 1. The molecule has 1 aliphatic rings. The van der Waals surface area contributed by atoms with Crippen LogP contribution in [0.5, 0.6) is 0 Å². The zero-order valence-electron chi connectivity index (χ0n) is 10.5. The van der Waals surface area contributed by atoms with Crippen molar-refractivity contribution < 1.29 is 14.3 Å². The molecular formula is C13H17N3O3. The van der Waals surface area contributed by atoms with E-state index in [2.05, 4.69) is 5.32 Å². The monoisotopic (exact) mass is 263 g/mol. The van der Waals surface area contributed by atoms with E-state index in [0.717, 1.165) is 5.56 Å².